The number of carbonyl (C=O) groups is 4. The molecule has 3 aromatic carbocycles. The molecule has 5 aromatic rings. The van der Waals surface area contributed by atoms with Gasteiger partial charge < -0.3 is 64.2 Å². The number of para-hydroxylation sites is 2. The average molecular weight is 736 g/mol. The summed E-state index contributed by atoms with van der Waals surface area (Å²) in [6, 6.07) is 18.5. The average Bonchev–Trinajstić information content (AvgIpc) is 3.74. The van der Waals surface area contributed by atoms with Gasteiger partial charge in [0.25, 0.3) is 0 Å². The molecular formula is C37H49N7O9. The van der Waals surface area contributed by atoms with E-state index in [4.69, 9.17) is 54.2 Å². The molecule has 0 radical (unpaired) electrons. The Morgan fingerprint density at radius 1 is 0.547 bits per heavy atom. The number of rotatable bonds is 14. The van der Waals surface area contributed by atoms with Crippen LogP contribution in [0.2, 0.25) is 0 Å². The Morgan fingerprint density at radius 2 is 0.943 bits per heavy atom. The number of carboxylic acids is 4. The van der Waals surface area contributed by atoms with E-state index in [0.717, 1.165) is 51.3 Å². The summed E-state index contributed by atoms with van der Waals surface area (Å²) < 4.78 is 0. The molecule has 0 bridgehead atoms. The molecule has 0 aliphatic heterocycles. The van der Waals surface area contributed by atoms with Gasteiger partial charge in [0.2, 0.25) is 0 Å². The maximum Gasteiger partial charge on any atom is 0.320 e. The molecule has 16 nitrogen and oxygen atoms in total. The quantitative estimate of drug-likeness (QED) is 0.0727. The molecule has 2 aromatic heterocycles. The van der Waals surface area contributed by atoms with E-state index in [1.165, 1.54) is 12.1 Å². The molecule has 0 saturated heterocycles. The molecule has 5 rings (SSSR count). The van der Waals surface area contributed by atoms with Crippen molar-refractivity contribution in [3.8, 4) is 5.75 Å². The van der Waals surface area contributed by atoms with Crippen molar-refractivity contribution < 1.29 is 44.7 Å². The van der Waals surface area contributed by atoms with Gasteiger partial charge in [0, 0.05) is 47.0 Å². The number of phenolic OH excluding ortho intramolecular Hbond substituents is 1. The van der Waals surface area contributed by atoms with Crippen LogP contribution in [-0.4, -0.2) is 90.1 Å². The van der Waals surface area contributed by atoms with Gasteiger partial charge in [0.05, 0.1) is 0 Å². The number of H-pyrrole nitrogens is 2. The van der Waals surface area contributed by atoms with Gasteiger partial charge in [-0.1, -0.05) is 55.0 Å². The lowest BCUT2D eigenvalue weighted by Gasteiger charge is -2.05. The minimum atomic E-state index is -1.02. The maximum atomic E-state index is 10.6. The molecule has 0 aliphatic carbocycles. The summed E-state index contributed by atoms with van der Waals surface area (Å²) in [5.74, 6) is -3.74. The molecule has 2 heterocycles. The predicted molar refractivity (Wildman–Crippen MR) is 201 cm³/mol. The van der Waals surface area contributed by atoms with Crippen molar-refractivity contribution in [3.05, 3.63) is 102 Å². The van der Waals surface area contributed by atoms with Crippen LogP contribution < -0.4 is 28.7 Å². The zero-order chi connectivity index (χ0) is 39.5. The van der Waals surface area contributed by atoms with Crippen molar-refractivity contribution >= 4 is 45.7 Å². The fraction of sp³-hybridized carbons (Fsp3) is 0.297. The number of fused-ring (bicyclic) bond motifs is 2. The van der Waals surface area contributed by atoms with Crippen LogP contribution in [0.15, 0.2) is 85.2 Å². The zero-order valence-corrected chi connectivity index (χ0v) is 29.1. The first-order valence-electron chi connectivity index (χ1n) is 16.7. The van der Waals surface area contributed by atoms with Crippen molar-refractivity contribution in [3.63, 3.8) is 0 Å². The zero-order valence-electron chi connectivity index (χ0n) is 29.1. The van der Waals surface area contributed by atoms with Gasteiger partial charge in [-0.2, -0.15) is 0 Å². The van der Waals surface area contributed by atoms with E-state index >= 15 is 0 Å². The topological polar surface area (TPSA) is 331 Å². The molecule has 53 heavy (non-hydrogen) atoms. The van der Waals surface area contributed by atoms with Gasteiger partial charge in [-0.25, -0.2) is 0 Å². The maximum absolute atomic E-state index is 10.6. The summed E-state index contributed by atoms with van der Waals surface area (Å²) in [7, 11) is 0. The third-order valence-corrected chi connectivity index (χ3v) is 7.86. The smallest absolute Gasteiger partial charge is 0.320 e. The number of benzene rings is 3. The summed E-state index contributed by atoms with van der Waals surface area (Å²) in [6.45, 7) is 0.604. The van der Waals surface area contributed by atoms with Gasteiger partial charge in [-0.15, -0.1) is 0 Å². The van der Waals surface area contributed by atoms with Gasteiger partial charge >= 0.3 is 23.9 Å². The standard InChI is InChI=1S/2C11H12N2O2.C9H11NO3.C6H14N2O2/c2*12-9(11(14)15)5-7-6-13-10-4-2-1-3-8(7)10;10-8(9(12)13)5-6-1-3-7(11)4-2-6;7-4-2-1-3-5(8)6(9)10/h2*1-4,6,9,13H,5,12H2,(H,14,15);1-4,8,11H,5,10H2,(H,12,13);5H,1-4,7-8H2,(H,9,10). The van der Waals surface area contributed by atoms with Gasteiger partial charge in [0.15, 0.2) is 0 Å². The summed E-state index contributed by atoms with van der Waals surface area (Å²) in [5.41, 5.74) is 31.4. The summed E-state index contributed by atoms with van der Waals surface area (Å²) in [5, 5.41) is 45.3. The number of aromatic amines is 2. The number of phenols is 1. The minimum Gasteiger partial charge on any atom is -0.508 e. The van der Waals surface area contributed by atoms with E-state index in [1.807, 2.05) is 60.9 Å². The van der Waals surface area contributed by atoms with Crippen molar-refractivity contribution in [1.29, 1.82) is 0 Å². The lowest BCUT2D eigenvalue weighted by atomic mass is 10.1. The second-order valence-electron chi connectivity index (χ2n) is 12.1. The number of aromatic hydroxyl groups is 1. The first-order valence-corrected chi connectivity index (χ1v) is 16.7. The molecule has 0 amide bonds. The highest BCUT2D eigenvalue weighted by Gasteiger charge is 2.16. The highest BCUT2D eigenvalue weighted by atomic mass is 16.4. The van der Waals surface area contributed by atoms with Gasteiger partial charge in [-0.3, -0.25) is 19.2 Å². The van der Waals surface area contributed by atoms with Crippen molar-refractivity contribution in [1.82, 2.24) is 9.97 Å². The lowest BCUT2D eigenvalue weighted by Crippen LogP contribution is -2.32. The van der Waals surface area contributed by atoms with Crippen LogP contribution in [0.25, 0.3) is 21.8 Å². The third kappa shape index (κ3) is 15.2. The summed E-state index contributed by atoms with van der Waals surface area (Å²) >= 11 is 0. The Hall–Kier alpha value is -5.78. The van der Waals surface area contributed by atoms with Crippen molar-refractivity contribution in [2.75, 3.05) is 6.54 Å². The van der Waals surface area contributed by atoms with Gasteiger partial charge in [-0.05, 0) is 66.8 Å². The number of nitrogens with two attached hydrogens (primary N) is 5. The van der Waals surface area contributed by atoms with E-state index in [2.05, 4.69) is 9.97 Å². The van der Waals surface area contributed by atoms with E-state index in [1.54, 1.807) is 12.1 Å². The second kappa shape index (κ2) is 22.2. The van der Waals surface area contributed by atoms with E-state index in [9.17, 15) is 19.2 Å². The lowest BCUT2D eigenvalue weighted by molar-refractivity contribution is -0.139. The normalized spacial score (nSPS) is 12.8. The summed E-state index contributed by atoms with van der Waals surface area (Å²) in [4.78, 5) is 48.0. The SMILES string of the molecule is NC(Cc1c[nH]c2ccccc12)C(=O)O.NC(Cc1c[nH]c2ccccc12)C(=O)O.NC(Cc1ccc(O)cc1)C(=O)O.NCCCCC(N)C(=O)O. The Labute approximate surface area is 305 Å². The molecule has 0 fully saturated rings. The van der Waals surface area contributed by atoms with E-state index < -0.39 is 48.0 Å². The highest BCUT2D eigenvalue weighted by molar-refractivity contribution is 5.85. The Balaban J connectivity index is 0.000000248. The molecular weight excluding hydrogens is 686 g/mol. The Bertz CT molecular complexity index is 1800. The first-order chi connectivity index (χ1) is 25.1. The number of aliphatic carboxylic acids is 4. The molecule has 0 saturated carbocycles. The number of unbranched alkanes of at least 4 members (excludes halogenated alkanes) is 1. The Morgan fingerprint density at radius 3 is 1.34 bits per heavy atom. The third-order valence-electron chi connectivity index (χ3n) is 7.86. The Kier molecular flexibility index (Phi) is 18.2. The summed E-state index contributed by atoms with van der Waals surface area (Å²) in [6.07, 6.45) is 6.76. The van der Waals surface area contributed by atoms with Crippen LogP contribution >= 0.6 is 0 Å². The second-order valence-corrected chi connectivity index (χ2v) is 12.1. The number of hydrogen-bond acceptors (Lipinski definition) is 10. The molecule has 16 heteroatoms. The monoisotopic (exact) mass is 735 g/mol. The molecule has 0 spiro atoms. The van der Waals surface area contributed by atoms with E-state index in [0.29, 0.717) is 25.8 Å². The number of nitrogens with one attached hydrogen (secondary N) is 2. The fourth-order valence-corrected chi connectivity index (χ4v) is 4.85. The molecule has 4 unspecified atom stereocenters. The first kappa shape index (κ1) is 43.4. The van der Waals surface area contributed by atoms with Crippen LogP contribution in [0, 0.1) is 0 Å². The molecule has 17 N–H and O–H groups in total. The van der Waals surface area contributed by atoms with Crippen LogP contribution in [0.4, 0.5) is 0 Å². The van der Waals surface area contributed by atoms with Crippen molar-refractivity contribution in [2.24, 2.45) is 28.7 Å². The van der Waals surface area contributed by atoms with E-state index in [-0.39, 0.29) is 12.2 Å². The van der Waals surface area contributed by atoms with Crippen LogP contribution in [0.1, 0.15) is 36.0 Å². The van der Waals surface area contributed by atoms with Crippen LogP contribution in [0.3, 0.4) is 0 Å². The van der Waals surface area contributed by atoms with Gasteiger partial charge in [0.1, 0.15) is 29.9 Å². The van der Waals surface area contributed by atoms with Crippen LogP contribution in [-0.2, 0) is 38.4 Å². The molecule has 0 aliphatic rings. The van der Waals surface area contributed by atoms with Crippen molar-refractivity contribution in [2.45, 2.75) is 62.7 Å². The largest absolute Gasteiger partial charge is 0.508 e. The highest BCUT2D eigenvalue weighted by Crippen LogP contribution is 2.20. The number of hydrogen-bond donors (Lipinski definition) is 12. The fourth-order valence-electron chi connectivity index (χ4n) is 4.85. The molecule has 4 atom stereocenters. The molecule has 286 valence electrons. The minimum absolute atomic E-state index is 0.160. The van der Waals surface area contributed by atoms with Crippen LogP contribution in [0.5, 0.6) is 5.75 Å². The predicted octanol–water partition coefficient (Wildman–Crippen LogP) is 2.12. The number of carboxylic acid groups (broad SMARTS) is 4. The number of aromatic nitrogens is 2.